The Labute approximate surface area is 199 Å². The van der Waals surface area contributed by atoms with E-state index in [2.05, 4.69) is 15.5 Å². The highest BCUT2D eigenvalue weighted by atomic mass is 16.9. The Morgan fingerprint density at radius 2 is 2.03 bits per heavy atom. The van der Waals surface area contributed by atoms with Crippen LogP contribution in [0, 0.1) is 21.4 Å². The summed E-state index contributed by atoms with van der Waals surface area (Å²) < 4.78 is 6.04. The highest BCUT2D eigenvalue weighted by Crippen LogP contribution is 2.22. The standard InChI is InChI=1S/C22H33N5O7/c1-4-6-22(30)25-18-8-9-20(17(13-18)14-23)33-16-19(28)15-27(2,3)11-10-24-21(29)7-5-12-34-26(31)32/h8-9,13,19,28H,4-7,10-12,15-16H2,1-3H3,(H-,24,25,29,30)/p+1. The molecular weight excluding hydrogens is 446 g/mol. The molecule has 3 N–H and O–H groups in total. The molecule has 2 amide bonds. The first kappa shape index (κ1) is 28.6. The minimum Gasteiger partial charge on any atom is -0.489 e. The average molecular weight is 481 g/mol. The molecule has 0 radical (unpaired) electrons. The first-order valence-corrected chi connectivity index (χ1v) is 11.1. The van der Waals surface area contributed by atoms with Gasteiger partial charge in [-0.1, -0.05) is 6.92 Å². The van der Waals surface area contributed by atoms with Crippen LogP contribution in [-0.4, -0.2) is 79.5 Å². The molecule has 0 aliphatic carbocycles. The van der Waals surface area contributed by atoms with Gasteiger partial charge in [-0.05, 0) is 31.0 Å². The van der Waals surface area contributed by atoms with E-state index in [0.717, 1.165) is 6.42 Å². The number of nitrogens with zero attached hydrogens (tertiary/aromatic N) is 3. The molecule has 1 aromatic carbocycles. The van der Waals surface area contributed by atoms with Crippen molar-refractivity contribution in [2.75, 3.05) is 52.3 Å². The largest absolute Gasteiger partial charge is 0.489 e. The van der Waals surface area contributed by atoms with Gasteiger partial charge in [0.05, 0.1) is 39.4 Å². The summed E-state index contributed by atoms with van der Waals surface area (Å²) in [4.78, 5) is 37.7. The van der Waals surface area contributed by atoms with Crippen LogP contribution in [0.4, 0.5) is 5.69 Å². The number of likely N-dealkylation sites (N-methyl/N-ethyl adjacent to an activating group) is 1. The number of hydrogen-bond acceptors (Lipinski definition) is 8. The van der Waals surface area contributed by atoms with Crippen LogP contribution in [-0.2, 0) is 14.4 Å². The molecule has 12 nitrogen and oxygen atoms in total. The molecule has 12 heteroatoms. The number of amides is 2. The summed E-state index contributed by atoms with van der Waals surface area (Å²) in [6.07, 6.45) is 0.667. The van der Waals surface area contributed by atoms with Crippen molar-refractivity contribution in [3.8, 4) is 11.8 Å². The third-order valence-corrected chi connectivity index (χ3v) is 4.78. The summed E-state index contributed by atoms with van der Waals surface area (Å²) in [7, 11) is 3.80. The van der Waals surface area contributed by atoms with Crippen molar-refractivity contribution in [1.82, 2.24) is 5.32 Å². The van der Waals surface area contributed by atoms with Crippen molar-refractivity contribution in [3.63, 3.8) is 0 Å². The van der Waals surface area contributed by atoms with Crippen molar-refractivity contribution in [2.24, 2.45) is 0 Å². The lowest BCUT2D eigenvalue weighted by Crippen LogP contribution is -2.50. The van der Waals surface area contributed by atoms with Crippen LogP contribution in [0.2, 0.25) is 0 Å². The second-order valence-corrected chi connectivity index (χ2v) is 8.44. The van der Waals surface area contributed by atoms with E-state index < -0.39 is 11.2 Å². The zero-order valence-electron chi connectivity index (χ0n) is 19.9. The van der Waals surface area contributed by atoms with Crippen molar-refractivity contribution >= 4 is 17.5 Å². The molecule has 0 aliphatic heterocycles. The molecular formula is C22H34N5O7+. The Bertz CT molecular complexity index is 870. The summed E-state index contributed by atoms with van der Waals surface area (Å²) in [5, 5.41) is 34.4. The van der Waals surface area contributed by atoms with E-state index in [1.807, 2.05) is 27.1 Å². The predicted octanol–water partition coefficient (Wildman–Crippen LogP) is 1.22. The number of quaternary nitrogens is 1. The second kappa shape index (κ2) is 14.7. The monoisotopic (exact) mass is 480 g/mol. The van der Waals surface area contributed by atoms with E-state index in [9.17, 15) is 30.1 Å². The number of anilines is 1. The Morgan fingerprint density at radius 1 is 1.29 bits per heavy atom. The summed E-state index contributed by atoms with van der Waals surface area (Å²) in [5.74, 6) is -0.0432. The molecule has 0 aliphatic rings. The third kappa shape index (κ3) is 12.0. The molecule has 1 unspecified atom stereocenters. The maximum atomic E-state index is 11.8. The SMILES string of the molecule is CCCC(=O)Nc1ccc(OCC(O)C[N+](C)(C)CCNC(=O)CCCO[N+](=O)[O-])c(C#N)c1. The molecule has 1 rings (SSSR count). The summed E-state index contributed by atoms with van der Waals surface area (Å²) in [6, 6.07) is 6.79. The van der Waals surface area contributed by atoms with Gasteiger partial charge in [0.25, 0.3) is 5.09 Å². The quantitative estimate of drug-likeness (QED) is 0.138. The number of aliphatic hydroxyl groups is 1. The van der Waals surface area contributed by atoms with Crippen molar-refractivity contribution in [1.29, 1.82) is 5.26 Å². The number of nitrogens with one attached hydrogen (secondary N) is 2. The number of rotatable bonds is 16. The number of benzene rings is 1. The van der Waals surface area contributed by atoms with E-state index >= 15 is 0 Å². The fourth-order valence-electron chi connectivity index (χ4n) is 3.13. The second-order valence-electron chi connectivity index (χ2n) is 8.44. The van der Waals surface area contributed by atoms with Gasteiger partial charge in [-0.25, -0.2) is 0 Å². The maximum Gasteiger partial charge on any atom is 0.294 e. The van der Waals surface area contributed by atoms with E-state index in [-0.39, 0.29) is 43.4 Å². The van der Waals surface area contributed by atoms with Crippen LogP contribution >= 0.6 is 0 Å². The van der Waals surface area contributed by atoms with Crippen LogP contribution in [0.15, 0.2) is 18.2 Å². The first-order chi connectivity index (χ1) is 16.1. The molecule has 0 spiro atoms. The average Bonchev–Trinajstić information content (AvgIpc) is 2.75. The highest BCUT2D eigenvalue weighted by Gasteiger charge is 2.21. The predicted molar refractivity (Wildman–Crippen MR) is 123 cm³/mol. The Hall–Kier alpha value is -3.43. The van der Waals surface area contributed by atoms with Gasteiger partial charge in [0.2, 0.25) is 11.8 Å². The highest BCUT2D eigenvalue weighted by molar-refractivity contribution is 5.91. The van der Waals surface area contributed by atoms with Crippen molar-refractivity contribution in [3.05, 3.63) is 33.9 Å². The minimum absolute atomic E-state index is 0.0271. The molecule has 0 saturated carbocycles. The maximum absolute atomic E-state index is 11.8. The molecule has 0 aromatic heterocycles. The van der Waals surface area contributed by atoms with E-state index in [4.69, 9.17) is 4.74 Å². The molecule has 1 atom stereocenters. The fraction of sp³-hybridized carbons (Fsp3) is 0.591. The topological polar surface area (TPSA) is 164 Å². The van der Waals surface area contributed by atoms with Gasteiger partial charge >= 0.3 is 0 Å². The van der Waals surface area contributed by atoms with Gasteiger partial charge < -0.3 is 29.8 Å². The fourth-order valence-corrected chi connectivity index (χ4v) is 3.13. The zero-order chi connectivity index (χ0) is 25.6. The van der Waals surface area contributed by atoms with Crippen molar-refractivity contribution < 1.29 is 33.8 Å². The van der Waals surface area contributed by atoms with Crippen LogP contribution in [0.3, 0.4) is 0 Å². The number of nitriles is 1. The molecule has 188 valence electrons. The van der Waals surface area contributed by atoms with Gasteiger partial charge in [-0.2, -0.15) is 5.26 Å². The molecule has 1 aromatic rings. The van der Waals surface area contributed by atoms with Crippen molar-refractivity contribution in [2.45, 2.75) is 38.7 Å². The number of ether oxygens (including phenoxy) is 1. The zero-order valence-corrected chi connectivity index (χ0v) is 19.9. The molecule has 0 bridgehead atoms. The lowest BCUT2D eigenvalue weighted by atomic mass is 10.2. The van der Waals surface area contributed by atoms with E-state index in [0.29, 0.717) is 42.0 Å². The van der Waals surface area contributed by atoms with Gasteiger partial charge in [0, 0.05) is 18.5 Å². The minimum atomic E-state index is -0.892. The van der Waals surface area contributed by atoms with Gasteiger partial charge in [-0.3, -0.25) is 9.59 Å². The smallest absolute Gasteiger partial charge is 0.294 e. The van der Waals surface area contributed by atoms with Crippen LogP contribution in [0.1, 0.15) is 38.2 Å². The Balaban J connectivity index is 2.43. The third-order valence-electron chi connectivity index (χ3n) is 4.78. The summed E-state index contributed by atoms with van der Waals surface area (Å²) >= 11 is 0. The van der Waals surface area contributed by atoms with Gasteiger partial charge in [0.15, 0.2) is 0 Å². The summed E-state index contributed by atoms with van der Waals surface area (Å²) in [6.45, 7) is 3.01. The molecule has 34 heavy (non-hydrogen) atoms. The molecule has 0 saturated heterocycles. The van der Waals surface area contributed by atoms with Gasteiger partial charge in [0.1, 0.15) is 31.1 Å². The lowest BCUT2D eigenvalue weighted by Gasteiger charge is -2.31. The Kier molecular flexibility index (Phi) is 12.3. The molecule has 0 fully saturated rings. The van der Waals surface area contributed by atoms with Crippen LogP contribution < -0.4 is 15.4 Å². The van der Waals surface area contributed by atoms with Crippen LogP contribution in [0.5, 0.6) is 5.75 Å². The molecule has 0 heterocycles. The summed E-state index contributed by atoms with van der Waals surface area (Å²) in [5.41, 5.74) is 0.759. The first-order valence-electron chi connectivity index (χ1n) is 11.1. The van der Waals surface area contributed by atoms with E-state index in [1.54, 1.807) is 12.1 Å². The van der Waals surface area contributed by atoms with Crippen LogP contribution in [0.25, 0.3) is 0 Å². The Morgan fingerprint density at radius 3 is 2.68 bits per heavy atom. The lowest BCUT2D eigenvalue weighted by molar-refractivity contribution is -0.892. The van der Waals surface area contributed by atoms with Gasteiger partial charge in [-0.15, -0.1) is 10.1 Å². The number of aliphatic hydroxyl groups excluding tert-OH is 1. The number of carbonyl (C=O) groups is 2. The van der Waals surface area contributed by atoms with E-state index in [1.165, 1.54) is 6.07 Å². The number of carbonyl (C=O) groups excluding carboxylic acids is 2. The number of hydrogen-bond donors (Lipinski definition) is 3. The normalized spacial score (nSPS) is 11.7.